The van der Waals surface area contributed by atoms with Gasteiger partial charge < -0.3 is 34.3 Å². The normalized spacial score (nSPS) is 11.9. The number of ether oxygens (including phenoxy) is 4. The van der Waals surface area contributed by atoms with Gasteiger partial charge in [-0.3, -0.25) is 19.4 Å². The Kier molecular flexibility index (Phi) is 10.7. The standard InChI is InChI=1S/C33H29F2NO10S2/c1-43-22-11-24-18(9-26(47-24)20(37)3-5-28(39)40)30(34)32(22)45-14-16-7-8-36-13-17(16)15-46-33-23(44-2)12-25-19(31(33)35)10-27(48-25)21(38)4-6-29(41)42/h7-13,21,38H,3-6,14-15H2,1-2H3,(H,39,40)(H,41,42). The van der Waals surface area contributed by atoms with E-state index in [0.29, 0.717) is 25.4 Å². The molecule has 2 aromatic carbocycles. The molecular formula is C33H29F2NO10S2. The molecule has 1 atom stereocenters. The number of methoxy groups -OCH3 is 2. The van der Waals surface area contributed by atoms with Crippen LogP contribution in [-0.2, 0) is 22.8 Å². The van der Waals surface area contributed by atoms with Crippen LogP contribution in [0.4, 0.5) is 8.78 Å². The van der Waals surface area contributed by atoms with Crippen LogP contribution in [0.2, 0.25) is 0 Å². The van der Waals surface area contributed by atoms with Gasteiger partial charge in [0.1, 0.15) is 13.2 Å². The molecule has 11 nitrogen and oxygen atoms in total. The summed E-state index contributed by atoms with van der Waals surface area (Å²) in [6.07, 6.45) is 1.09. The number of aliphatic hydroxyl groups excluding tert-OH is 1. The summed E-state index contributed by atoms with van der Waals surface area (Å²) in [7, 11) is 2.70. The topological polar surface area (TPSA) is 162 Å². The molecule has 0 saturated heterocycles. The van der Waals surface area contributed by atoms with Gasteiger partial charge in [0.25, 0.3) is 0 Å². The highest BCUT2D eigenvalue weighted by atomic mass is 32.1. The number of hydrogen-bond acceptors (Lipinski definition) is 11. The second-order valence-electron chi connectivity index (χ2n) is 10.5. The van der Waals surface area contributed by atoms with Gasteiger partial charge in [0.2, 0.25) is 0 Å². The predicted molar refractivity (Wildman–Crippen MR) is 173 cm³/mol. The van der Waals surface area contributed by atoms with Crippen LogP contribution in [-0.4, -0.2) is 52.2 Å². The maximum atomic E-state index is 15.7. The van der Waals surface area contributed by atoms with Crippen LogP contribution >= 0.6 is 22.7 Å². The zero-order valence-corrected chi connectivity index (χ0v) is 27.2. The van der Waals surface area contributed by atoms with Crippen molar-refractivity contribution < 1.29 is 57.4 Å². The molecule has 0 aliphatic heterocycles. The van der Waals surface area contributed by atoms with Gasteiger partial charge in [-0.05, 0) is 30.2 Å². The lowest BCUT2D eigenvalue weighted by Crippen LogP contribution is -2.07. The minimum Gasteiger partial charge on any atom is -0.493 e. The highest BCUT2D eigenvalue weighted by Gasteiger charge is 2.23. The molecule has 0 aliphatic carbocycles. The van der Waals surface area contributed by atoms with Crippen molar-refractivity contribution in [2.45, 2.75) is 45.0 Å². The molecule has 0 saturated carbocycles. The van der Waals surface area contributed by atoms with Crippen LogP contribution in [0.25, 0.3) is 20.2 Å². The van der Waals surface area contributed by atoms with E-state index in [4.69, 9.17) is 29.2 Å². The maximum absolute atomic E-state index is 15.7. The number of carboxylic acid groups (broad SMARTS) is 2. The third kappa shape index (κ3) is 7.48. The lowest BCUT2D eigenvalue weighted by molar-refractivity contribution is -0.138. The largest absolute Gasteiger partial charge is 0.493 e. The van der Waals surface area contributed by atoms with Gasteiger partial charge in [0.05, 0.1) is 31.6 Å². The summed E-state index contributed by atoms with van der Waals surface area (Å²) in [5.74, 6) is -4.26. The number of benzene rings is 2. The summed E-state index contributed by atoms with van der Waals surface area (Å²) >= 11 is 2.14. The van der Waals surface area contributed by atoms with Crippen molar-refractivity contribution in [3.63, 3.8) is 0 Å². The van der Waals surface area contributed by atoms with E-state index >= 15 is 8.78 Å². The molecule has 1 unspecified atom stereocenters. The monoisotopic (exact) mass is 701 g/mol. The van der Waals surface area contributed by atoms with Crippen LogP contribution in [0.15, 0.2) is 42.7 Å². The maximum Gasteiger partial charge on any atom is 0.303 e. The molecule has 0 amide bonds. The summed E-state index contributed by atoms with van der Waals surface area (Å²) in [5.41, 5.74) is 1.04. The molecular weight excluding hydrogens is 672 g/mol. The van der Waals surface area contributed by atoms with Gasteiger partial charge in [0, 0.05) is 68.0 Å². The van der Waals surface area contributed by atoms with Crippen LogP contribution in [0.3, 0.4) is 0 Å². The van der Waals surface area contributed by atoms with Crippen molar-refractivity contribution in [1.29, 1.82) is 0 Å². The lowest BCUT2D eigenvalue weighted by atomic mass is 10.1. The molecule has 0 aliphatic rings. The number of Topliss-reactive ketones (excluding diaryl/α,β-unsaturated/α-hetero) is 1. The van der Waals surface area contributed by atoms with Gasteiger partial charge in [-0.1, -0.05) is 0 Å². The van der Waals surface area contributed by atoms with Crippen molar-refractivity contribution >= 4 is 60.6 Å². The number of aliphatic hydroxyl groups is 1. The number of carbonyl (C=O) groups is 3. The third-order valence-electron chi connectivity index (χ3n) is 7.37. The molecule has 3 aromatic heterocycles. The Morgan fingerprint density at radius 3 is 2.00 bits per heavy atom. The molecule has 5 aromatic rings. The first-order valence-electron chi connectivity index (χ1n) is 14.4. The smallest absolute Gasteiger partial charge is 0.303 e. The molecule has 5 rings (SSSR count). The van der Waals surface area contributed by atoms with Crippen molar-refractivity contribution in [2.75, 3.05) is 14.2 Å². The summed E-state index contributed by atoms with van der Waals surface area (Å²) < 4.78 is 54.9. The van der Waals surface area contributed by atoms with E-state index in [1.807, 2.05) is 0 Å². The number of pyridine rings is 1. The molecule has 0 bridgehead atoms. The average molecular weight is 702 g/mol. The fraction of sp³-hybridized carbons (Fsp3) is 0.273. The van der Waals surface area contributed by atoms with E-state index in [9.17, 15) is 19.5 Å². The summed E-state index contributed by atoms with van der Waals surface area (Å²) in [4.78, 5) is 39.0. The Morgan fingerprint density at radius 2 is 1.40 bits per heavy atom. The van der Waals surface area contributed by atoms with E-state index in [1.165, 1.54) is 44.8 Å². The number of carbonyl (C=O) groups excluding carboxylic acids is 1. The summed E-state index contributed by atoms with van der Waals surface area (Å²) in [6, 6.07) is 7.56. The van der Waals surface area contributed by atoms with Gasteiger partial charge >= 0.3 is 11.9 Å². The second kappa shape index (κ2) is 14.9. The zero-order valence-electron chi connectivity index (χ0n) is 25.6. The van der Waals surface area contributed by atoms with E-state index in [2.05, 4.69) is 4.98 Å². The van der Waals surface area contributed by atoms with Crippen molar-refractivity contribution in [3.05, 3.63) is 75.2 Å². The number of halogens is 2. The zero-order chi connectivity index (χ0) is 34.5. The van der Waals surface area contributed by atoms with Gasteiger partial charge in [-0.2, -0.15) is 0 Å². The highest BCUT2D eigenvalue weighted by molar-refractivity contribution is 7.21. The second-order valence-corrected chi connectivity index (χ2v) is 12.7. The molecule has 3 heterocycles. The highest BCUT2D eigenvalue weighted by Crippen LogP contribution is 2.43. The Balaban J connectivity index is 1.36. The molecule has 48 heavy (non-hydrogen) atoms. The number of ketones is 1. The number of carboxylic acids is 2. The van der Waals surface area contributed by atoms with E-state index in [0.717, 1.165) is 22.7 Å². The molecule has 3 N–H and O–H groups in total. The SMILES string of the molecule is COc1cc2sc(C(=O)CCC(=O)O)cc2c(F)c1OCc1ccncc1COc1c(OC)cc2sc(C(O)CCC(=O)O)cc2c1F. The van der Waals surface area contributed by atoms with Gasteiger partial charge in [-0.25, -0.2) is 8.78 Å². The Labute approximate surface area is 279 Å². The number of thiophene rings is 2. The molecule has 15 heteroatoms. The number of rotatable bonds is 16. The van der Waals surface area contributed by atoms with Crippen LogP contribution in [0, 0.1) is 11.6 Å². The van der Waals surface area contributed by atoms with E-state index in [-0.39, 0.29) is 77.5 Å². The van der Waals surface area contributed by atoms with Gasteiger partial charge in [0.15, 0.2) is 40.4 Å². The van der Waals surface area contributed by atoms with Crippen LogP contribution in [0.5, 0.6) is 23.0 Å². The lowest BCUT2D eigenvalue weighted by Gasteiger charge is -2.16. The predicted octanol–water partition coefficient (Wildman–Crippen LogP) is 6.91. The first-order chi connectivity index (χ1) is 23.0. The number of aromatic nitrogens is 1. The number of nitrogens with zero attached hydrogens (tertiary/aromatic N) is 1. The quantitative estimate of drug-likeness (QED) is 0.0917. The van der Waals surface area contributed by atoms with Crippen LogP contribution in [0.1, 0.15) is 57.5 Å². The van der Waals surface area contributed by atoms with E-state index in [1.54, 1.807) is 12.1 Å². The molecule has 0 fully saturated rings. The third-order valence-corrected chi connectivity index (χ3v) is 9.68. The first-order valence-corrected chi connectivity index (χ1v) is 16.1. The Morgan fingerprint density at radius 1 is 0.812 bits per heavy atom. The number of fused-ring (bicyclic) bond motifs is 2. The fourth-order valence-electron chi connectivity index (χ4n) is 4.86. The molecule has 0 spiro atoms. The molecule has 0 radical (unpaired) electrons. The number of aliphatic carboxylic acids is 2. The summed E-state index contributed by atoms with van der Waals surface area (Å²) in [6.45, 7) is -0.330. The summed E-state index contributed by atoms with van der Waals surface area (Å²) in [5, 5.41) is 28.5. The minimum absolute atomic E-state index is 0.0255. The van der Waals surface area contributed by atoms with Crippen molar-refractivity contribution in [3.8, 4) is 23.0 Å². The fourth-order valence-corrected chi connectivity index (χ4v) is 7.03. The van der Waals surface area contributed by atoms with Crippen molar-refractivity contribution in [2.24, 2.45) is 0 Å². The minimum atomic E-state index is -1.11. The van der Waals surface area contributed by atoms with Gasteiger partial charge in [-0.15, -0.1) is 22.7 Å². The average Bonchev–Trinajstić information content (AvgIpc) is 3.71. The van der Waals surface area contributed by atoms with Crippen molar-refractivity contribution in [1.82, 2.24) is 4.98 Å². The molecule has 252 valence electrons. The number of hydrogen-bond donors (Lipinski definition) is 3. The van der Waals surface area contributed by atoms with Crippen LogP contribution < -0.4 is 18.9 Å². The first kappa shape index (κ1) is 34.5. The van der Waals surface area contributed by atoms with E-state index < -0.39 is 35.5 Å². The Hall–Kier alpha value is -4.86. The Bertz CT molecular complexity index is 2010.